The van der Waals surface area contributed by atoms with E-state index in [1.807, 2.05) is 0 Å². The summed E-state index contributed by atoms with van der Waals surface area (Å²) in [5, 5.41) is 16.5. The summed E-state index contributed by atoms with van der Waals surface area (Å²) >= 11 is 0. The minimum absolute atomic E-state index is 0.0518. The average molecular weight is 243 g/mol. The van der Waals surface area contributed by atoms with Crippen molar-refractivity contribution in [2.45, 2.75) is 6.61 Å². The molecular formula is C13H13N3O2. The normalized spacial score (nSPS) is 10.1. The predicted molar refractivity (Wildman–Crippen MR) is 67.7 cm³/mol. The van der Waals surface area contributed by atoms with Gasteiger partial charge in [-0.2, -0.15) is 0 Å². The van der Waals surface area contributed by atoms with Crippen LogP contribution in [-0.4, -0.2) is 15.9 Å². The van der Waals surface area contributed by atoms with E-state index in [0.29, 0.717) is 17.1 Å². The Balaban J connectivity index is 2.31. The minimum Gasteiger partial charge on any atom is -0.455 e. The lowest BCUT2D eigenvalue weighted by molar-refractivity contribution is 0.281. The summed E-state index contributed by atoms with van der Waals surface area (Å²) in [5.41, 5.74) is 6.70. The number of rotatable bonds is 4. The molecule has 92 valence electrons. The first-order valence-corrected chi connectivity index (χ1v) is 5.37. The van der Waals surface area contributed by atoms with Gasteiger partial charge < -0.3 is 15.6 Å². The van der Waals surface area contributed by atoms with Crippen LogP contribution in [-0.2, 0) is 6.61 Å². The van der Waals surface area contributed by atoms with Crippen molar-refractivity contribution in [2.24, 2.45) is 5.73 Å². The first-order valence-electron chi connectivity index (χ1n) is 5.37. The van der Waals surface area contributed by atoms with Gasteiger partial charge in [0.2, 0.25) is 0 Å². The summed E-state index contributed by atoms with van der Waals surface area (Å²) in [7, 11) is 0. The first-order chi connectivity index (χ1) is 8.70. The van der Waals surface area contributed by atoms with Crippen LogP contribution in [0.1, 0.15) is 11.1 Å². The molecule has 0 unspecified atom stereocenters. The molecule has 0 aliphatic rings. The van der Waals surface area contributed by atoms with Gasteiger partial charge in [0, 0.05) is 6.20 Å². The molecule has 0 fully saturated rings. The van der Waals surface area contributed by atoms with Crippen molar-refractivity contribution in [3.8, 4) is 11.5 Å². The quantitative estimate of drug-likeness (QED) is 0.562. The molecule has 5 heteroatoms. The van der Waals surface area contributed by atoms with E-state index in [-0.39, 0.29) is 12.4 Å². The van der Waals surface area contributed by atoms with Gasteiger partial charge in [-0.1, -0.05) is 12.1 Å². The van der Waals surface area contributed by atoms with Crippen molar-refractivity contribution in [1.29, 1.82) is 5.41 Å². The van der Waals surface area contributed by atoms with Crippen LogP contribution in [0.5, 0.6) is 11.5 Å². The maximum Gasteiger partial charge on any atom is 0.156 e. The molecule has 4 N–H and O–H groups in total. The lowest BCUT2D eigenvalue weighted by atomic mass is 10.2. The van der Waals surface area contributed by atoms with Crippen LogP contribution in [0.3, 0.4) is 0 Å². The number of nitrogens with one attached hydrogen (secondary N) is 1. The van der Waals surface area contributed by atoms with E-state index >= 15 is 0 Å². The van der Waals surface area contributed by atoms with E-state index in [0.717, 1.165) is 5.56 Å². The molecule has 1 aromatic heterocycles. The molecule has 0 atom stereocenters. The molecule has 0 spiro atoms. The Hall–Kier alpha value is -2.40. The van der Waals surface area contributed by atoms with Gasteiger partial charge in [0.15, 0.2) is 5.75 Å². The largest absolute Gasteiger partial charge is 0.455 e. The zero-order valence-corrected chi connectivity index (χ0v) is 9.63. The van der Waals surface area contributed by atoms with Gasteiger partial charge in [-0.15, -0.1) is 0 Å². The molecule has 0 radical (unpaired) electrons. The van der Waals surface area contributed by atoms with Gasteiger partial charge in [0.1, 0.15) is 11.6 Å². The molecule has 2 aromatic rings. The summed E-state index contributed by atoms with van der Waals surface area (Å²) in [5.74, 6) is 0.905. The number of aliphatic hydroxyl groups is 1. The van der Waals surface area contributed by atoms with E-state index in [2.05, 4.69) is 4.98 Å². The number of benzene rings is 1. The fourth-order valence-corrected chi connectivity index (χ4v) is 1.52. The van der Waals surface area contributed by atoms with Crippen LogP contribution in [0.25, 0.3) is 0 Å². The molecule has 0 bridgehead atoms. The number of amidine groups is 1. The molecular weight excluding hydrogens is 230 g/mol. The molecule has 1 aromatic carbocycles. The number of aliphatic hydroxyl groups excluding tert-OH is 1. The third-order valence-electron chi connectivity index (χ3n) is 2.38. The third kappa shape index (κ3) is 2.64. The van der Waals surface area contributed by atoms with Crippen molar-refractivity contribution in [3.05, 3.63) is 53.9 Å². The van der Waals surface area contributed by atoms with Crippen LogP contribution < -0.4 is 10.5 Å². The van der Waals surface area contributed by atoms with Crippen LogP contribution in [0, 0.1) is 5.41 Å². The van der Waals surface area contributed by atoms with E-state index < -0.39 is 0 Å². The summed E-state index contributed by atoms with van der Waals surface area (Å²) < 4.78 is 5.62. The molecule has 0 amide bonds. The Morgan fingerprint density at radius 3 is 2.94 bits per heavy atom. The van der Waals surface area contributed by atoms with Crippen molar-refractivity contribution < 1.29 is 9.84 Å². The summed E-state index contributed by atoms with van der Waals surface area (Å²) in [6.45, 7) is -0.0518. The van der Waals surface area contributed by atoms with Gasteiger partial charge in [0.05, 0.1) is 18.4 Å². The number of ether oxygens (including phenoxy) is 1. The lowest BCUT2D eigenvalue weighted by Gasteiger charge is -2.10. The van der Waals surface area contributed by atoms with Crippen molar-refractivity contribution in [1.82, 2.24) is 4.98 Å². The fourth-order valence-electron chi connectivity index (χ4n) is 1.52. The number of hydrogen-bond donors (Lipinski definition) is 3. The van der Waals surface area contributed by atoms with Crippen molar-refractivity contribution in [3.63, 3.8) is 0 Å². The smallest absolute Gasteiger partial charge is 0.156 e. The highest BCUT2D eigenvalue weighted by Crippen LogP contribution is 2.24. The van der Waals surface area contributed by atoms with Crippen LogP contribution >= 0.6 is 0 Å². The number of pyridine rings is 1. The van der Waals surface area contributed by atoms with Crippen molar-refractivity contribution in [2.75, 3.05) is 0 Å². The highest BCUT2D eigenvalue weighted by Gasteiger charge is 2.07. The van der Waals surface area contributed by atoms with Gasteiger partial charge in [-0.3, -0.25) is 10.4 Å². The molecule has 0 aliphatic heterocycles. The molecule has 0 aliphatic carbocycles. The van der Waals surface area contributed by atoms with Crippen molar-refractivity contribution >= 4 is 5.84 Å². The number of nitrogens with two attached hydrogens (primary N) is 1. The molecule has 0 saturated heterocycles. The molecule has 5 nitrogen and oxygen atoms in total. The first kappa shape index (κ1) is 12.1. The monoisotopic (exact) mass is 243 g/mol. The lowest BCUT2D eigenvalue weighted by Crippen LogP contribution is -2.12. The summed E-state index contributed by atoms with van der Waals surface area (Å²) in [4.78, 5) is 3.94. The van der Waals surface area contributed by atoms with Gasteiger partial charge in [-0.05, 0) is 23.8 Å². The second-order valence-electron chi connectivity index (χ2n) is 3.69. The predicted octanol–water partition coefficient (Wildman–Crippen LogP) is 1.65. The Kier molecular flexibility index (Phi) is 3.54. The fraction of sp³-hybridized carbons (Fsp3) is 0.0769. The van der Waals surface area contributed by atoms with Crippen LogP contribution in [0.4, 0.5) is 0 Å². The Morgan fingerprint density at radius 1 is 1.39 bits per heavy atom. The van der Waals surface area contributed by atoms with Crippen LogP contribution in [0.15, 0.2) is 42.7 Å². The zero-order chi connectivity index (χ0) is 13.0. The average Bonchev–Trinajstić information content (AvgIpc) is 2.39. The van der Waals surface area contributed by atoms with Gasteiger partial charge in [0.25, 0.3) is 0 Å². The van der Waals surface area contributed by atoms with E-state index in [1.54, 1.807) is 36.5 Å². The Morgan fingerprint density at radius 2 is 2.22 bits per heavy atom. The number of nitrogen functional groups attached to an aromatic ring is 1. The second-order valence-corrected chi connectivity index (χ2v) is 3.69. The number of nitrogens with zero attached hydrogens (tertiary/aromatic N) is 1. The molecule has 18 heavy (non-hydrogen) atoms. The standard InChI is InChI=1S/C13H13N3O2/c14-13(15)11-4-5-16-7-12(11)18-10-3-1-2-9(6-10)8-17/h1-7,17H,8H2,(H3,14,15). The van der Waals surface area contributed by atoms with Gasteiger partial charge >= 0.3 is 0 Å². The topological polar surface area (TPSA) is 92.2 Å². The van der Waals surface area contributed by atoms with E-state index in [4.69, 9.17) is 21.0 Å². The maximum atomic E-state index is 9.05. The van der Waals surface area contributed by atoms with Gasteiger partial charge in [-0.25, -0.2) is 0 Å². The number of aromatic nitrogens is 1. The second kappa shape index (κ2) is 5.29. The SMILES string of the molecule is N=C(N)c1ccncc1Oc1cccc(CO)c1. The molecule has 1 heterocycles. The van der Waals surface area contributed by atoms with E-state index in [9.17, 15) is 0 Å². The highest BCUT2D eigenvalue weighted by atomic mass is 16.5. The highest BCUT2D eigenvalue weighted by molar-refractivity contribution is 5.97. The summed E-state index contributed by atoms with van der Waals surface area (Å²) in [6.07, 6.45) is 3.05. The molecule has 0 saturated carbocycles. The van der Waals surface area contributed by atoms with Crippen LogP contribution in [0.2, 0.25) is 0 Å². The maximum absolute atomic E-state index is 9.05. The van der Waals surface area contributed by atoms with E-state index in [1.165, 1.54) is 6.20 Å². The minimum atomic E-state index is -0.0780. The summed E-state index contributed by atoms with van der Waals surface area (Å²) in [6, 6.07) is 8.67. The molecule has 2 rings (SSSR count). The Bertz CT molecular complexity index is 570. The third-order valence-corrected chi connectivity index (χ3v) is 2.38. The zero-order valence-electron chi connectivity index (χ0n) is 9.63. The number of hydrogen-bond acceptors (Lipinski definition) is 4. The Labute approximate surface area is 104 Å².